The molecular formula is C22H24F3NO2. The summed E-state index contributed by atoms with van der Waals surface area (Å²) in [5, 5.41) is 0. The van der Waals surface area contributed by atoms with E-state index in [-0.39, 0.29) is 13.1 Å². The van der Waals surface area contributed by atoms with E-state index < -0.39 is 23.4 Å². The van der Waals surface area contributed by atoms with Crippen LogP contribution < -0.4 is 0 Å². The maximum absolute atomic E-state index is 13.1. The first kappa shape index (κ1) is 21.5. The van der Waals surface area contributed by atoms with E-state index in [1.807, 2.05) is 30.3 Å². The van der Waals surface area contributed by atoms with Gasteiger partial charge in [-0.25, -0.2) is 4.79 Å². The fourth-order valence-corrected chi connectivity index (χ4v) is 2.64. The van der Waals surface area contributed by atoms with E-state index in [1.165, 1.54) is 17.0 Å². The third-order valence-corrected chi connectivity index (χ3v) is 3.92. The number of amides is 1. The molecule has 0 saturated heterocycles. The van der Waals surface area contributed by atoms with Crippen LogP contribution in [0, 0.1) is 0 Å². The SMILES string of the molecule is C=Cc1ccc(C(F)(F)F)cc1CN(Cc1ccccc1)C(=O)OC(C)(C)C. The number of nitrogens with zero attached hydrogens (tertiary/aromatic N) is 1. The largest absolute Gasteiger partial charge is 0.444 e. The summed E-state index contributed by atoms with van der Waals surface area (Å²) in [5.41, 5.74) is 0.250. The third-order valence-electron chi connectivity index (χ3n) is 3.92. The Labute approximate surface area is 163 Å². The molecule has 0 aliphatic carbocycles. The number of carbonyl (C=O) groups is 1. The second-order valence-corrected chi connectivity index (χ2v) is 7.44. The summed E-state index contributed by atoms with van der Waals surface area (Å²) >= 11 is 0. The van der Waals surface area contributed by atoms with Gasteiger partial charge in [-0.2, -0.15) is 13.2 Å². The Balaban J connectivity index is 2.38. The quantitative estimate of drug-likeness (QED) is 0.600. The van der Waals surface area contributed by atoms with Crippen molar-refractivity contribution in [1.29, 1.82) is 0 Å². The van der Waals surface area contributed by atoms with Gasteiger partial charge in [0.25, 0.3) is 0 Å². The maximum atomic E-state index is 13.1. The maximum Gasteiger partial charge on any atom is 0.416 e. The van der Waals surface area contributed by atoms with Crippen LogP contribution in [0.1, 0.15) is 43.0 Å². The molecule has 2 rings (SSSR count). The highest BCUT2D eigenvalue weighted by Crippen LogP contribution is 2.31. The molecule has 0 aliphatic heterocycles. The zero-order valence-electron chi connectivity index (χ0n) is 16.2. The number of carbonyl (C=O) groups excluding carboxylic acids is 1. The lowest BCUT2D eigenvalue weighted by atomic mass is 10.0. The van der Waals surface area contributed by atoms with Crippen LogP contribution in [-0.4, -0.2) is 16.6 Å². The molecule has 0 heterocycles. The monoisotopic (exact) mass is 391 g/mol. The van der Waals surface area contributed by atoms with Crippen molar-refractivity contribution < 1.29 is 22.7 Å². The van der Waals surface area contributed by atoms with Gasteiger partial charge in [0.1, 0.15) is 5.60 Å². The lowest BCUT2D eigenvalue weighted by Crippen LogP contribution is -2.36. The Morgan fingerprint density at radius 1 is 1.07 bits per heavy atom. The summed E-state index contributed by atoms with van der Waals surface area (Å²) in [7, 11) is 0. The molecule has 150 valence electrons. The predicted octanol–water partition coefficient (Wildman–Crippen LogP) is 6.29. The second-order valence-electron chi connectivity index (χ2n) is 7.44. The van der Waals surface area contributed by atoms with Crippen molar-refractivity contribution in [3.05, 3.63) is 77.4 Å². The normalized spacial score (nSPS) is 11.8. The van der Waals surface area contributed by atoms with Gasteiger partial charge >= 0.3 is 12.3 Å². The summed E-state index contributed by atoms with van der Waals surface area (Å²) in [6, 6.07) is 12.6. The Morgan fingerprint density at radius 2 is 1.71 bits per heavy atom. The molecule has 0 atom stereocenters. The number of halogens is 3. The molecule has 2 aromatic carbocycles. The van der Waals surface area contributed by atoms with Crippen LogP contribution >= 0.6 is 0 Å². The number of ether oxygens (including phenoxy) is 1. The number of alkyl halides is 3. The van der Waals surface area contributed by atoms with Gasteiger partial charge in [-0.1, -0.05) is 49.1 Å². The van der Waals surface area contributed by atoms with Crippen LogP contribution in [0.3, 0.4) is 0 Å². The minimum Gasteiger partial charge on any atom is -0.444 e. The highest BCUT2D eigenvalue weighted by molar-refractivity contribution is 5.68. The molecule has 6 heteroatoms. The Hall–Kier alpha value is -2.76. The van der Waals surface area contributed by atoms with Gasteiger partial charge in [0, 0.05) is 13.1 Å². The van der Waals surface area contributed by atoms with Gasteiger partial charge in [0.05, 0.1) is 5.56 Å². The van der Waals surface area contributed by atoms with Crippen LogP contribution in [0.15, 0.2) is 55.1 Å². The highest BCUT2D eigenvalue weighted by atomic mass is 19.4. The van der Waals surface area contributed by atoms with Gasteiger partial charge in [0.15, 0.2) is 0 Å². The Morgan fingerprint density at radius 3 is 2.25 bits per heavy atom. The molecule has 0 unspecified atom stereocenters. The molecule has 0 aromatic heterocycles. The van der Waals surface area contributed by atoms with Crippen LogP contribution in [0.25, 0.3) is 6.08 Å². The summed E-state index contributed by atoms with van der Waals surface area (Å²) in [5.74, 6) is 0. The van der Waals surface area contributed by atoms with E-state index in [2.05, 4.69) is 6.58 Å². The molecule has 0 N–H and O–H groups in total. The van der Waals surface area contributed by atoms with Crippen molar-refractivity contribution in [2.75, 3.05) is 0 Å². The molecule has 2 aromatic rings. The van der Waals surface area contributed by atoms with Crippen molar-refractivity contribution in [2.24, 2.45) is 0 Å². The van der Waals surface area contributed by atoms with Crippen molar-refractivity contribution in [3.8, 4) is 0 Å². The topological polar surface area (TPSA) is 29.5 Å². The third kappa shape index (κ3) is 6.15. The van der Waals surface area contributed by atoms with Gasteiger partial charge in [-0.3, -0.25) is 4.90 Å². The van der Waals surface area contributed by atoms with Crippen molar-refractivity contribution in [2.45, 2.75) is 45.6 Å². The number of hydrogen-bond acceptors (Lipinski definition) is 2. The molecule has 0 radical (unpaired) electrons. The van der Waals surface area contributed by atoms with E-state index >= 15 is 0 Å². The average Bonchev–Trinajstić information content (AvgIpc) is 2.59. The summed E-state index contributed by atoms with van der Waals surface area (Å²) in [6.45, 7) is 9.06. The standard InChI is InChI=1S/C22H24F3NO2/c1-5-17-11-12-19(22(23,24)25)13-18(17)15-26(20(27)28-21(2,3)4)14-16-9-7-6-8-10-16/h5-13H,1,14-15H2,2-4H3. The second kappa shape index (κ2) is 8.50. The molecule has 0 bridgehead atoms. The lowest BCUT2D eigenvalue weighted by Gasteiger charge is -2.28. The van der Waals surface area contributed by atoms with E-state index in [9.17, 15) is 18.0 Å². The first-order valence-corrected chi connectivity index (χ1v) is 8.84. The minimum atomic E-state index is -4.47. The summed E-state index contributed by atoms with van der Waals surface area (Å²) in [6.07, 6.45) is -3.58. The number of rotatable bonds is 5. The average molecular weight is 391 g/mol. The van der Waals surface area contributed by atoms with Crippen molar-refractivity contribution in [3.63, 3.8) is 0 Å². The fraction of sp³-hybridized carbons (Fsp3) is 0.318. The van der Waals surface area contributed by atoms with E-state index in [0.29, 0.717) is 11.1 Å². The van der Waals surface area contributed by atoms with Crippen LogP contribution in [0.4, 0.5) is 18.0 Å². The minimum absolute atomic E-state index is 0.0327. The summed E-state index contributed by atoms with van der Waals surface area (Å²) in [4.78, 5) is 14.1. The van der Waals surface area contributed by atoms with Crippen molar-refractivity contribution >= 4 is 12.2 Å². The number of hydrogen-bond donors (Lipinski definition) is 0. The van der Waals surface area contributed by atoms with Crippen LogP contribution in [-0.2, 0) is 24.0 Å². The van der Waals surface area contributed by atoms with E-state index in [0.717, 1.165) is 17.7 Å². The molecule has 0 aliphatic rings. The first-order valence-electron chi connectivity index (χ1n) is 8.84. The van der Waals surface area contributed by atoms with Gasteiger partial charge in [-0.05, 0) is 49.6 Å². The highest BCUT2D eigenvalue weighted by Gasteiger charge is 2.31. The molecule has 0 spiro atoms. The van der Waals surface area contributed by atoms with Crippen LogP contribution in [0.5, 0.6) is 0 Å². The van der Waals surface area contributed by atoms with Gasteiger partial charge in [-0.15, -0.1) is 0 Å². The van der Waals surface area contributed by atoms with E-state index in [4.69, 9.17) is 4.74 Å². The Bertz CT molecular complexity index is 824. The van der Waals surface area contributed by atoms with Crippen LogP contribution in [0.2, 0.25) is 0 Å². The molecule has 0 fully saturated rings. The molecule has 28 heavy (non-hydrogen) atoms. The zero-order chi connectivity index (χ0) is 20.9. The van der Waals surface area contributed by atoms with Gasteiger partial charge in [0.2, 0.25) is 0 Å². The predicted molar refractivity (Wildman–Crippen MR) is 103 cm³/mol. The van der Waals surface area contributed by atoms with Gasteiger partial charge < -0.3 is 4.74 Å². The summed E-state index contributed by atoms with van der Waals surface area (Å²) < 4.78 is 44.9. The number of benzene rings is 2. The first-order chi connectivity index (χ1) is 13.0. The lowest BCUT2D eigenvalue weighted by molar-refractivity contribution is -0.137. The molecule has 1 amide bonds. The van der Waals surface area contributed by atoms with Crippen molar-refractivity contribution in [1.82, 2.24) is 4.90 Å². The Kier molecular flexibility index (Phi) is 6.54. The molecule has 0 saturated carbocycles. The molecule has 3 nitrogen and oxygen atoms in total. The fourth-order valence-electron chi connectivity index (χ4n) is 2.64. The molecular weight excluding hydrogens is 367 g/mol. The van der Waals surface area contributed by atoms with E-state index in [1.54, 1.807) is 20.8 Å². The zero-order valence-corrected chi connectivity index (χ0v) is 16.2. The smallest absolute Gasteiger partial charge is 0.416 e.